The summed E-state index contributed by atoms with van der Waals surface area (Å²) in [6.45, 7) is 4.16. The molecule has 0 heterocycles. The lowest BCUT2D eigenvalue weighted by Crippen LogP contribution is -2.00. The maximum absolute atomic E-state index is 14.0. The van der Waals surface area contributed by atoms with Gasteiger partial charge in [0.15, 0.2) is 0 Å². The summed E-state index contributed by atoms with van der Waals surface area (Å²) < 4.78 is 14.6. The van der Waals surface area contributed by atoms with Crippen LogP contribution in [-0.4, -0.2) is 0 Å². The molecule has 0 radical (unpaired) electrons. The molecule has 20 heavy (non-hydrogen) atoms. The third kappa shape index (κ3) is 3.63. The van der Waals surface area contributed by atoms with Crippen LogP contribution in [0.15, 0.2) is 34.8 Å². The third-order valence-electron chi connectivity index (χ3n) is 3.36. The molecule has 2 aromatic rings. The second kappa shape index (κ2) is 6.59. The Morgan fingerprint density at radius 2 is 1.85 bits per heavy atom. The molecule has 0 saturated heterocycles. The average Bonchev–Trinajstić information content (AvgIpc) is 2.38. The highest BCUT2D eigenvalue weighted by Gasteiger charge is 2.16. The highest BCUT2D eigenvalue weighted by atomic mass is 79.9. The Bertz CT molecular complexity index is 641. The molecule has 0 N–H and O–H groups in total. The van der Waals surface area contributed by atoms with Crippen LogP contribution in [-0.2, 0) is 6.42 Å². The van der Waals surface area contributed by atoms with Crippen LogP contribution in [0.1, 0.15) is 27.1 Å². The first-order valence-corrected chi connectivity index (χ1v) is 8.32. The summed E-state index contributed by atoms with van der Waals surface area (Å²) in [6, 6.07) is 9.39. The van der Waals surface area contributed by atoms with Crippen molar-refractivity contribution in [2.24, 2.45) is 0 Å². The maximum Gasteiger partial charge on any atom is 0.128 e. The number of aryl methyl sites for hydroxylation is 2. The van der Waals surface area contributed by atoms with E-state index in [1.807, 2.05) is 0 Å². The van der Waals surface area contributed by atoms with E-state index in [2.05, 4.69) is 63.9 Å². The van der Waals surface area contributed by atoms with Gasteiger partial charge in [0.05, 0.1) is 5.02 Å². The zero-order valence-corrected chi connectivity index (χ0v) is 15.1. The van der Waals surface area contributed by atoms with Crippen molar-refractivity contribution in [2.45, 2.75) is 25.1 Å². The summed E-state index contributed by atoms with van der Waals surface area (Å²) in [5.74, 6) is -0.257. The Balaban J connectivity index is 2.25. The molecule has 0 amide bonds. The van der Waals surface area contributed by atoms with Crippen LogP contribution in [0.3, 0.4) is 0 Å². The van der Waals surface area contributed by atoms with Crippen molar-refractivity contribution in [1.82, 2.24) is 0 Å². The van der Waals surface area contributed by atoms with Crippen LogP contribution in [0.4, 0.5) is 4.39 Å². The van der Waals surface area contributed by atoms with Gasteiger partial charge in [-0.25, -0.2) is 4.39 Å². The van der Waals surface area contributed by atoms with Gasteiger partial charge in [0, 0.05) is 14.9 Å². The molecular weight excluding hydrogens is 406 g/mol. The molecule has 0 aromatic heterocycles. The van der Waals surface area contributed by atoms with Crippen molar-refractivity contribution >= 4 is 43.5 Å². The average molecular weight is 421 g/mol. The zero-order valence-electron chi connectivity index (χ0n) is 11.2. The molecule has 0 aliphatic carbocycles. The third-order valence-corrected chi connectivity index (χ3v) is 5.38. The molecule has 0 aliphatic rings. The SMILES string of the molecule is Cc1ccc(CC(Br)c2cc(Cl)c(Br)cc2F)cc1C. The number of alkyl halides is 1. The van der Waals surface area contributed by atoms with E-state index in [0.717, 1.165) is 6.42 Å². The standard InChI is InChI=1S/C16H14Br2ClF/c1-9-3-4-11(5-10(9)2)6-13(17)12-7-15(19)14(18)8-16(12)20/h3-5,7-8,13H,6H2,1-2H3. The summed E-state index contributed by atoms with van der Waals surface area (Å²) in [6.07, 6.45) is 0.718. The van der Waals surface area contributed by atoms with Gasteiger partial charge in [-0.2, -0.15) is 0 Å². The second-order valence-corrected chi connectivity index (χ2v) is 7.24. The van der Waals surface area contributed by atoms with E-state index in [-0.39, 0.29) is 10.6 Å². The number of rotatable bonds is 3. The van der Waals surface area contributed by atoms with Gasteiger partial charge < -0.3 is 0 Å². The monoisotopic (exact) mass is 418 g/mol. The molecule has 0 bridgehead atoms. The Hall–Kier alpha value is -0.380. The molecule has 1 atom stereocenters. The molecule has 0 spiro atoms. The molecule has 0 aliphatic heterocycles. The zero-order chi connectivity index (χ0) is 14.9. The molecule has 2 aromatic carbocycles. The van der Waals surface area contributed by atoms with Gasteiger partial charge >= 0.3 is 0 Å². The Kier molecular flexibility index (Phi) is 5.27. The maximum atomic E-state index is 14.0. The van der Waals surface area contributed by atoms with Gasteiger partial charge in [0.1, 0.15) is 5.82 Å². The molecule has 106 valence electrons. The summed E-state index contributed by atoms with van der Waals surface area (Å²) >= 11 is 12.8. The van der Waals surface area contributed by atoms with Crippen molar-refractivity contribution in [1.29, 1.82) is 0 Å². The largest absolute Gasteiger partial charge is 0.207 e. The molecular formula is C16H14Br2ClF. The molecule has 0 fully saturated rings. The van der Waals surface area contributed by atoms with E-state index in [1.54, 1.807) is 6.07 Å². The smallest absolute Gasteiger partial charge is 0.128 e. The van der Waals surface area contributed by atoms with Crippen LogP contribution < -0.4 is 0 Å². The fourth-order valence-corrected chi connectivity index (χ4v) is 3.24. The summed E-state index contributed by atoms with van der Waals surface area (Å²) in [4.78, 5) is -0.102. The van der Waals surface area contributed by atoms with Crippen LogP contribution >= 0.6 is 43.5 Å². The highest BCUT2D eigenvalue weighted by Crippen LogP contribution is 2.34. The van der Waals surface area contributed by atoms with E-state index in [4.69, 9.17) is 11.6 Å². The summed E-state index contributed by atoms with van der Waals surface area (Å²) in [5.41, 5.74) is 4.26. The molecule has 4 heteroatoms. The number of hydrogen-bond donors (Lipinski definition) is 0. The molecule has 0 saturated carbocycles. The number of benzene rings is 2. The van der Waals surface area contributed by atoms with Gasteiger partial charge in [-0.1, -0.05) is 45.7 Å². The van der Waals surface area contributed by atoms with Gasteiger partial charge in [-0.15, -0.1) is 0 Å². The second-order valence-electron chi connectivity index (χ2n) is 4.88. The minimum atomic E-state index is -0.257. The van der Waals surface area contributed by atoms with Crippen LogP contribution in [0.5, 0.6) is 0 Å². The lowest BCUT2D eigenvalue weighted by molar-refractivity contribution is 0.607. The van der Waals surface area contributed by atoms with Crippen molar-refractivity contribution in [3.8, 4) is 0 Å². The Labute approximate surface area is 140 Å². The van der Waals surface area contributed by atoms with E-state index in [1.165, 1.54) is 22.8 Å². The van der Waals surface area contributed by atoms with Crippen LogP contribution in [0.25, 0.3) is 0 Å². The quantitative estimate of drug-likeness (QED) is 0.391. The molecule has 1 unspecified atom stereocenters. The van der Waals surface area contributed by atoms with E-state index < -0.39 is 0 Å². The summed E-state index contributed by atoms with van der Waals surface area (Å²) in [7, 11) is 0. The van der Waals surface area contributed by atoms with Crippen molar-refractivity contribution < 1.29 is 4.39 Å². The number of halogens is 4. The van der Waals surface area contributed by atoms with Crippen molar-refractivity contribution in [3.63, 3.8) is 0 Å². The minimum Gasteiger partial charge on any atom is -0.207 e. The van der Waals surface area contributed by atoms with Gasteiger partial charge in [-0.05, 0) is 65.0 Å². The van der Waals surface area contributed by atoms with Gasteiger partial charge in [0.2, 0.25) is 0 Å². The Morgan fingerprint density at radius 3 is 2.50 bits per heavy atom. The van der Waals surface area contributed by atoms with Crippen molar-refractivity contribution in [3.05, 3.63) is 67.9 Å². The van der Waals surface area contributed by atoms with Crippen LogP contribution in [0, 0.1) is 19.7 Å². The lowest BCUT2D eigenvalue weighted by Gasteiger charge is -2.13. The van der Waals surface area contributed by atoms with Crippen molar-refractivity contribution in [2.75, 3.05) is 0 Å². The van der Waals surface area contributed by atoms with Crippen LogP contribution in [0.2, 0.25) is 5.02 Å². The highest BCUT2D eigenvalue weighted by molar-refractivity contribution is 9.10. The van der Waals surface area contributed by atoms with Gasteiger partial charge in [0.25, 0.3) is 0 Å². The fraction of sp³-hybridized carbons (Fsp3) is 0.250. The minimum absolute atomic E-state index is 0.102. The topological polar surface area (TPSA) is 0 Å². The van der Waals surface area contributed by atoms with E-state index >= 15 is 0 Å². The lowest BCUT2D eigenvalue weighted by atomic mass is 10.0. The normalized spacial score (nSPS) is 12.5. The first kappa shape index (κ1) is 16.0. The first-order valence-electron chi connectivity index (χ1n) is 6.23. The van der Waals surface area contributed by atoms with E-state index in [9.17, 15) is 4.39 Å². The molecule has 2 rings (SSSR count). The predicted octanol–water partition coefficient (Wildman–Crippen LogP) is 6.54. The predicted molar refractivity (Wildman–Crippen MR) is 90.4 cm³/mol. The molecule has 0 nitrogen and oxygen atoms in total. The fourth-order valence-electron chi connectivity index (χ4n) is 2.03. The Morgan fingerprint density at radius 1 is 1.15 bits per heavy atom. The van der Waals surface area contributed by atoms with Gasteiger partial charge in [-0.3, -0.25) is 0 Å². The number of hydrogen-bond acceptors (Lipinski definition) is 0. The summed E-state index contributed by atoms with van der Waals surface area (Å²) in [5, 5.41) is 0.519. The first-order chi connectivity index (χ1) is 9.38. The van der Waals surface area contributed by atoms with E-state index in [0.29, 0.717) is 15.1 Å².